The number of hydrogen-bond donors (Lipinski definition) is 1. The molecule has 0 aromatic rings. The first-order valence-electron chi connectivity index (χ1n) is 5.86. The minimum atomic E-state index is -4.62. The Kier molecular flexibility index (Phi) is 3.17. The number of aliphatic hydroxyl groups is 1. The molecule has 2 bridgehead atoms. The topological polar surface area (TPSA) is 46.5 Å². The molecule has 6 heteroatoms. The van der Waals surface area contributed by atoms with E-state index in [1.165, 1.54) is 0 Å². The highest BCUT2D eigenvalue weighted by Crippen LogP contribution is 2.59. The third kappa shape index (κ3) is 2.02. The third-order valence-electron chi connectivity index (χ3n) is 4.10. The van der Waals surface area contributed by atoms with Crippen LogP contribution in [0.3, 0.4) is 0 Å². The van der Waals surface area contributed by atoms with Crippen LogP contribution in [0.2, 0.25) is 0 Å². The van der Waals surface area contributed by atoms with Crippen LogP contribution in [0.5, 0.6) is 0 Å². The molecule has 0 aromatic carbocycles. The molecule has 2 aliphatic rings. The Balaban J connectivity index is 2.05. The lowest BCUT2D eigenvalue weighted by atomic mass is 9.77. The second kappa shape index (κ2) is 4.26. The van der Waals surface area contributed by atoms with Gasteiger partial charge in [0.05, 0.1) is 6.61 Å². The Hall–Kier alpha value is -1.04. The van der Waals surface area contributed by atoms with E-state index in [4.69, 9.17) is 4.74 Å². The van der Waals surface area contributed by atoms with E-state index in [2.05, 4.69) is 6.58 Å². The van der Waals surface area contributed by atoms with Gasteiger partial charge in [-0.05, 0) is 31.1 Å². The number of alkyl halides is 3. The van der Waals surface area contributed by atoms with Crippen molar-refractivity contribution < 1.29 is 27.8 Å². The van der Waals surface area contributed by atoms with Crippen molar-refractivity contribution in [3.63, 3.8) is 0 Å². The molecule has 0 amide bonds. The van der Waals surface area contributed by atoms with Crippen molar-refractivity contribution in [1.29, 1.82) is 0 Å². The van der Waals surface area contributed by atoms with Gasteiger partial charge in [0, 0.05) is 12.0 Å². The molecule has 0 radical (unpaired) electrons. The van der Waals surface area contributed by atoms with Gasteiger partial charge in [-0.3, -0.25) is 0 Å². The van der Waals surface area contributed by atoms with Crippen molar-refractivity contribution in [2.24, 2.45) is 17.8 Å². The lowest BCUT2D eigenvalue weighted by Gasteiger charge is -2.38. The molecule has 1 N–H and O–H groups in total. The van der Waals surface area contributed by atoms with Crippen molar-refractivity contribution in [2.75, 3.05) is 6.61 Å². The van der Waals surface area contributed by atoms with Crippen molar-refractivity contribution >= 4 is 5.97 Å². The molecule has 2 saturated carbocycles. The summed E-state index contributed by atoms with van der Waals surface area (Å²) in [7, 11) is 0. The molecule has 4 unspecified atom stereocenters. The Bertz CT molecular complexity index is 366. The Morgan fingerprint density at radius 3 is 2.67 bits per heavy atom. The molecule has 4 atom stereocenters. The summed E-state index contributed by atoms with van der Waals surface area (Å²) in [5, 5.41) is 9.83. The highest BCUT2D eigenvalue weighted by Gasteiger charge is 2.67. The van der Waals surface area contributed by atoms with E-state index in [0.29, 0.717) is 12.8 Å². The normalized spacial score (nSPS) is 38.8. The lowest BCUT2D eigenvalue weighted by Crippen LogP contribution is -2.52. The second-order valence-corrected chi connectivity index (χ2v) is 5.16. The Morgan fingerprint density at radius 1 is 1.50 bits per heavy atom. The van der Waals surface area contributed by atoms with E-state index in [9.17, 15) is 23.1 Å². The zero-order valence-corrected chi connectivity index (χ0v) is 9.74. The largest absolute Gasteiger partial charge is 0.462 e. The number of fused-ring (bicyclic) bond motifs is 2. The molecule has 0 aromatic heterocycles. The number of hydrogen-bond acceptors (Lipinski definition) is 3. The van der Waals surface area contributed by atoms with Crippen molar-refractivity contribution in [2.45, 2.75) is 31.0 Å². The number of rotatable bonds is 3. The summed E-state index contributed by atoms with van der Waals surface area (Å²) >= 11 is 0. The van der Waals surface area contributed by atoms with Gasteiger partial charge in [0.25, 0.3) is 0 Å². The van der Waals surface area contributed by atoms with Crippen LogP contribution in [-0.2, 0) is 9.53 Å². The summed E-state index contributed by atoms with van der Waals surface area (Å²) in [6.45, 7) is 3.14. The highest BCUT2D eigenvalue weighted by molar-refractivity contribution is 5.81. The van der Waals surface area contributed by atoms with Gasteiger partial charge in [0.1, 0.15) is 0 Å². The number of halogens is 3. The van der Waals surface area contributed by atoms with Crippen LogP contribution in [0.15, 0.2) is 12.7 Å². The molecule has 2 fully saturated rings. The van der Waals surface area contributed by atoms with Crippen LogP contribution in [0.1, 0.15) is 19.3 Å². The van der Waals surface area contributed by atoms with E-state index < -0.39 is 29.6 Å². The average Bonchev–Trinajstić information content (AvgIpc) is 2.81. The van der Waals surface area contributed by atoms with E-state index >= 15 is 0 Å². The minimum absolute atomic E-state index is 0.0790. The van der Waals surface area contributed by atoms with Gasteiger partial charge in [0.2, 0.25) is 0 Å². The molecule has 18 heavy (non-hydrogen) atoms. The third-order valence-corrected chi connectivity index (χ3v) is 4.10. The predicted octanol–water partition coefficient (Wildman–Crippen LogP) is 2.06. The molecular weight excluding hydrogens is 249 g/mol. The molecule has 0 aliphatic heterocycles. The van der Waals surface area contributed by atoms with E-state index in [1.807, 2.05) is 0 Å². The molecule has 102 valence electrons. The summed E-state index contributed by atoms with van der Waals surface area (Å²) in [6, 6.07) is 0. The van der Waals surface area contributed by atoms with Gasteiger partial charge in [-0.15, -0.1) is 0 Å². The van der Waals surface area contributed by atoms with Crippen LogP contribution in [-0.4, -0.2) is 29.5 Å². The molecular formula is C12H15F3O3. The summed E-state index contributed by atoms with van der Waals surface area (Å²) in [4.78, 5) is 10.9. The van der Waals surface area contributed by atoms with Crippen molar-refractivity contribution in [3.8, 4) is 0 Å². The van der Waals surface area contributed by atoms with Crippen LogP contribution < -0.4 is 0 Å². The lowest BCUT2D eigenvalue weighted by molar-refractivity contribution is -0.283. The van der Waals surface area contributed by atoms with Gasteiger partial charge < -0.3 is 9.84 Å². The van der Waals surface area contributed by atoms with Crippen LogP contribution in [0, 0.1) is 17.8 Å². The Labute approximate surface area is 103 Å². The average molecular weight is 264 g/mol. The van der Waals surface area contributed by atoms with E-state index in [-0.39, 0.29) is 18.9 Å². The molecule has 0 heterocycles. The van der Waals surface area contributed by atoms with Gasteiger partial charge in [-0.1, -0.05) is 6.58 Å². The zero-order valence-electron chi connectivity index (χ0n) is 9.74. The van der Waals surface area contributed by atoms with Crippen LogP contribution >= 0.6 is 0 Å². The standard InChI is InChI=1S/C12H15F3O3/c1-2-10(16)18-6-8-3-7-4-9(8)11(17,5-7)12(13,14)15/h2,7-9,17H,1,3-6H2. The number of carbonyl (C=O) groups is 1. The monoisotopic (exact) mass is 264 g/mol. The fraction of sp³-hybridized carbons (Fsp3) is 0.750. The zero-order chi connectivity index (χ0) is 13.6. The summed E-state index contributed by atoms with van der Waals surface area (Å²) in [6.07, 6.45) is -2.94. The van der Waals surface area contributed by atoms with Crippen LogP contribution in [0.25, 0.3) is 0 Å². The number of ether oxygens (including phenoxy) is 1. The van der Waals surface area contributed by atoms with Gasteiger partial charge in [-0.25, -0.2) is 4.79 Å². The van der Waals surface area contributed by atoms with Crippen molar-refractivity contribution in [1.82, 2.24) is 0 Å². The smallest absolute Gasteiger partial charge is 0.417 e. The van der Waals surface area contributed by atoms with Crippen molar-refractivity contribution in [3.05, 3.63) is 12.7 Å². The number of esters is 1. The molecule has 2 aliphatic carbocycles. The minimum Gasteiger partial charge on any atom is -0.462 e. The van der Waals surface area contributed by atoms with Crippen LogP contribution in [0.4, 0.5) is 13.2 Å². The molecule has 0 saturated heterocycles. The summed E-state index contributed by atoms with van der Waals surface area (Å²) in [5.41, 5.74) is -2.61. The first-order valence-corrected chi connectivity index (χ1v) is 5.86. The molecule has 0 spiro atoms. The fourth-order valence-electron chi connectivity index (χ4n) is 3.34. The second-order valence-electron chi connectivity index (χ2n) is 5.16. The Morgan fingerprint density at radius 2 is 2.17 bits per heavy atom. The van der Waals surface area contributed by atoms with E-state index in [1.54, 1.807) is 0 Å². The van der Waals surface area contributed by atoms with Gasteiger partial charge in [-0.2, -0.15) is 13.2 Å². The van der Waals surface area contributed by atoms with E-state index in [0.717, 1.165) is 6.08 Å². The predicted molar refractivity (Wildman–Crippen MR) is 56.5 cm³/mol. The molecule has 2 rings (SSSR count). The SMILES string of the molecule is C=CC(=O)OCC1CC2CC1C(O)(C(F)(F)F)C2. The maximum Gasteiger partial charge on any atom is 0.417 e. The summed E-state index contributed by atoms with van der Waals surface area (Å²) < 4.78 is 43.4. The first-order chi connectivity index (χ1) is 8.28. The quantitative estimate of drug-likeness (QED) is 0.627. The van der Waals surface area contributed by atoms with Gasteiger partial charge >= 0.3 is 12.1 Å². The number of carbonyl (C=O) groups excluding carboxylic acids is 1. The maximum absolute atomic E-state index is 12.9. The highest BCUT2D eigenvalue weighted by atomic mass is 19.4. The fourth-order valence-corrected chi connectivity index (χ4v) is 3.34. The molecule has 3 nitrogen and oxygen atoms in total. The van der Waals surface area contributed by atoms with Gasteiger partial charge in [0.15, 0.2) is 5.60 Å². The first kappa shape index (κ1) is 13.4. The maximum atomic E-state index is 12.9. The summed E-state index contributed by atoms with van der Waals surface area (Å²) in [5.74, 6) is -2.05.